The molecule has 0 radical (unpaired) electrons. The van der Waals surface area contributed by atoms with Gasteiger partial charge in [-0.05, 0) is 32.9 Å². The number of hydrogen-bond donors (Lipinski definition) is 1. The summed E-state index contributed by atoms with van der Waals surface area (Å²) in [7, 11) is 1.63. The van der Waals surface area contributed by atoms with Crippen LogP contribution in [0.25, 0.3) is 0 Å². The third kappa shape index (κ3) is 3.32. The lowest BCUT2D eigenvalue weighted by atomic mass is 10.1. The summed E-state index contributed by atoms with van der Waals surface area (Å²) < 4.78 is 5.01. The molecule has 0 fully saturated rings. The molecule has 3 heteroatoms. The van der Waals surface area contributed by atoms with Crippen LogP contribution in [-0.2, 0) is 0 Å². The Kier molecular flexibility index (Phi) is 2.76. The number of aromatic nitrogens is 1. The van der Waals surface area contributed by atoms with Gasteiger partial charge in [0.25, 0.3) is 0 Å². The summed E-state index contributed by atoms with van der Waals surface area (Å²) in [4.78, 5) is 4.20. The van der Waals surface area contributed by atoms with E-state index in [1.165, 1.54) is 0 Å². The van der Waals surface area contributed by atoms with E-state index >= 15 is 0 Å². The van der Waals surface area contributed by atoms with Crippen LogP contribution in [0, 0.1) is 0 Å². The van der Waals surface area contributed by atoms with E-state index in [1.807, 2.05) is 12.1 Å². The zero-order chi connectivity index (χ0) is 9.90. The van der Waals surface area contributed by atoms with Gasteiger partial charge in [-0.2, -0.15) is 0 Å². The maximum Gasteiger partial charge on any atom is 0.137 e. The number of nitrogens with one attached hydrogen (secondary N) is 1. The topological polar surface area (TPSA) is 34.1 Å². The van der Waals surface area contributed by atoms with Gasteiger partial charge in [0.1, 0.15) is 11.6 Å². The van der Waals surface area contributed by atoms with Crippen LogP contribution in [0.5, 0.6) is 5.75 Å². The second kappa shape index (κ2) is 3.64. The van der Waals surface area contributed by atoms with Crippen molar-refractivity contribution in [1.82, 2.24) is 4.98 Å². The first kappa shape index (κ1) is 9.84. The number of hydrogen-bond acceptors (Lipinski definition) is 3. The molecular weight excluding hydrogens is 164 g/mol. The van der Waals surface area contributed by atoms with E-state index in [4.69, 9.17) is 4.74 Å². The monoisotopic (exact) mass is 180 g/mol. The van der Waals surface area contributed by atoms with Crippen LogP contribution < -0.4 is 10.1 Å². The third-order valence-corrected chi connectivity index (χ3v) is 1.48. The highest BCUT2D eigenvalue weighted by atomic mass is 16.5. The molecule has 0 unspecified atom stereocenters. The van der Waals surface area contributed by atoms with Gasteiger partial charge in [0.05, 0.1) is 13.3 Å². The Bertz CT molecular complexity index is 261. The largest absolute Gasteiger partial charge is 0.495 e. The van der Waals surface area contributed by atoms with Crippen LogP contribution in [0.15, 0.2) is 18.3 Å². The third-order valence-electron chi connectivity index (χ3n) is 1.48. The molecule has 0 aliphatic rings. The number of nitrogens with zero attached hydrogens (tertiary/aromatic N) is 1. The van der Waals surface area contributed by atoms with Crippen molar-refractivity contribution in [2.45, 2.75) is 26.3 Å². The lowest BCUT2D eigenvalue weighted by Gasteiger charge is -2.21. The Hall–Kier alpha value is -1.25. The van der Waals surface area contributed by atoms with Crippen molar-refractivity contribution in [3.05, 3.63) is 18.3 Å². The van der Waals surface area contributed by atoms with E-state index in [0.717, 1.165) is 11.6 Å². The Morgan fingerprint density at radius 1 is 1.31 bits per heavy atom. The summed E-state index contributed by atoms with van der Waals surface area (Å²) in [5.41, 5.74) is 0.0432. The fourth-order valence-electron chi connectivity index (χ4n) is 0.959. The molecule has 1 N–H and O–H groups in total. The number of rotatable bonds is 2. The molecule has 72 valence electrons. The summed E-state index contributed by atoms with van der Waals surface area (Å²) in [6.07, 6.45) is 1.70. The molecular formula is C10H16N2O. The van der Waals surface area contributed by atoms with Crippen LogP contribution in [-0.4, -0.2) is 17.6 Å². The minimum atomic E-state index is 0.0432. The highest BCUT2D eigenvalue weighted by molar-refractivity contribution is 5.39. The molecule has 1 heterocycles. The molecule has 1 rings (SSSR count). The molecule has 0 aliphatic carbocycles. The Morgan fingerprint density at radius 3 is 2.38 bits per heavy atom. The van der Waals surface area contributed by atoms with Crippen molar-refractivity contribution in [3.63, 3.8) is 0 Å². The summed E-state index contributed by atoms with van der Waals surface area (Å²) in [6, 6.07) is 3.80. The quantitative estimate of drug-likeness (QED) is 0.758. The average Bonchev–Trinajstić information content (AvgIpc) is 2.03. The molecule has 0 aromatic carbocycles. The van der Waals surface area contributed by atoms with E-state index in [-0.39, 0.29) is 5.54 Å². The van der Waals surface area contributed by atoms with E-state index in [1.54, 1.807) is 13.3 Å². The lowest BCUT2D eigenvalue weighted by Crippen LogP contribution is -2.26. The van der Waals surface area contributed by atoms with Crippen molar-refractivity contribution in [2.24, 2.45) is 0 Å². The highest BCUT2D eigenvalue weighted by Crippen LogP contribution is 2.14. The van der Waals surface area contributed by atoms with Gasteiger partial charge in [-0.15, -0.1) is 0 Å². The van der Waals surface area contributed by atoms with Crippen LogP contribution in [0.3, 0.4) is 0 Å². The Labute approximate surface area is 79.1 Å². The predicted molar refractivity (Wildman–Crippen MR) is 54.2 cm³/mol. The van der Waals surface area contributed by atoms with Crippen molar-refractivity contribution in [2.75, 3.05) is 12.4 Å². The standard InChI is InChI=1S/C10H16N2O/c1-10(2,3)12-9-6-5-8(13-4)7-11-9/h5-7H,1-4H3,(H,11,12). The zero-order valence-electron chi connectivity index (χ0n) is 8.59. The highest BCUT2D eigenvalue weighted by Gasteiger charge is 2.09. The predicted octanol–water partition coefficient (Wildman–Crippen LogP) is 2.30. The first-order valence-electron chi connectivity index (χ1n) is 4.29. The number of pyridine rings is 1. The first-order valence-corrected chi connectivity index (χ1v) is 4.29. The summed E-state index contributed by atoms with van der Waals surface area (Å²) >= 11 is 0. The first-order chi connectivity index (χ1) is 6.01. The maximum atomic E-state index is 5.01. The maximum absolute atomic E-state index is 5.01. The second-order valence-corrected chi connectivity index (χ2v) is 3.96. The molecule has 13 heavy (non-hydrogen) atoms. The normalized spacial score (nSPS) is 11.1. The minimum Gasteiger partial charge on any atom is -0.495 e. The fourth-order valence-corrected chi connectivity index (χ4v) is 0.959. The number of anilines is 1. The summed E-state index contributed by atoms with van der Waals surface area (Å²) in [5, 5.41) is 3.27. The lowest BCUT2D eigenvalue weighted by molar-refractivity contribution is 0.413. The molecule has 0 saturated carbocycles. The number of ether oxygens (including phenoxy) is 1. The Balaban J connectivity index is 2.70. The van der Waals surface area contributed by atoms with Crippen LogP contribution in [0.4, 0.5) is 5.82 Å². The number of methoxy groups -OCH3 is 1. The molecule has 0 bridgehead atoms. The van der Waals surface area contributed by atoms with E-state index < -0.39 is 0 Å². The molecule has 0 amide bonds. The fraction of sp³-hybridized carbons (Fsp3) is 0.500. The molecule has 0 atom stereocenters. The second-order valence-electron chi connectivity index (χ2n) is 3.96. The van der Waals surface area contributed by atoms with Gasteiger partial charge < -0.3 is 10.1 Å². The van der Waals surface area contributed by atoms with Gasteiger partial charge in [0.15, 0.2) is 0 Å². The van der Waals surface area contributed by atoms with Gasteiger partial charge in [-0.1, -0.05) is 0 Å². The average molecular weight is 180 g/mol. The minimum absolute atomic E-state index is 0.0432. The van der Waals surface area contributed by atoms with Gasteiger partial charge in [0.2, 0.25) is 0 Å². The van der Waals surface area contributed by atoms with Gasteiger partial charge in [-0.3, -0.25) is 0 Å². The van der Waals surface area contributed by atoms with Crippen molar-refractivity contribution >= 4 is 5.82 Å². The van der Waals surface area contributed by atoms with Crippen molar-refractivity contribution < 1.29 is 4.74 Å². The molecule has 1 aromatic rings. The summed E-state index contributed by atoms with van der Waals surface area (Å²) in [6.45, 7) is 6.29. The van der Waals surface area contributed by atoms with E-state index in [0.29, 0.717) is 0 Å². The summed E-state index contributed by atoms with van der Waals surface area (Å²) in [5.74, 6) is 1.65. The van der Waals surface area contributed by atoms with Crippen LogP contribution >= 0.6 is 0 Å². The van der Waals surface area contributed by atoms with Gasteiger partial charge in [-0.25, -0.2) is 4.98 Å². The zero-order valence-corrected chi connectivity index (χ0v) is 8.59. The SMILES string of the molecule is COc1ccc(NC(C)(C)C)nc1. The van der Waals surface area contributed by atoms with Crippen molar-refractivity contribution in [3.8, 4) is 5.75 Å². The van der Waals surface area contributed by atoms with Gasteiger partial charge >= 0.3 is 0 Å². The Morgan fingerprint density at radius 2 is 2.00 bits per heavy atom. The molecule has 0 saturated heterocycles. The van der Waals surface area contributed by atoms with E-state index in [9.17, 15) is 0 Å². The van der Waals surface area contributed by atoms with Crippen LogP contribution in [0.2, 0.25) is 0 Å². The molecule has 1 aromatic heterocycles. The molecule has 3 nitrogen and oxygen atoms in total. The van der Waals surface area contributed by atoms with Gasteiger partial charge in [0, 0.05) is 5.54 Å². The van der Waals surface area contributed by atoms with E-state index in [2.05, 4.69) is 31.1 Å². The smallest absolute Gasteiger partial charge is 0.137 e. The van der Waals surface area contributed by atoms with Crippen molar-refractivity contribution in [1.29, 1.82) is 0 Å². The molecule has 0 aliphatic heterocycles. The molecule has 0 spiro atoms. The van der Waals surface area contributed by atoms with Crippen LogP contribution in [0.1, 0.15) is 20.8 Å².